The summed E-state index contributed by atoms with van der Waals surface area (Å²) in [4.78, 5) is 20.3. The lowest BCUT2D eigenvalue weighted by molar-refractivity contribution is 0.0979. The van der Waals surface area contributed by atoms with Crippen LogP contribution in [0.25, 0.3) is 11.0 Å². The standard InChI is InChI=1S/C14H16N2O/c1-2-3-4-5-14(17)11-6-7-12-13(10-11)16-9-8-15-12/h6-10H,2-5H2,1H3. The van der Waals surface area contributed by atoms with E-state index in [2.05, 4.69) is 16.9 Å². The van der Waals surface area contributed by atoms with Gasteiger partial charge in [0.05, 0.1) is 11.0 Å². The van der Waals surface area contributed by atoms with E-state index in [1.165, 1.54) is 0 Å². The van der Waals surface area contributed by atoms with Gasteiger partial charge in [0, 0.05) is 24.4 Å². The molecule has 1 heterocycles. The maximum atomic E-state index is 11.9. The molecule has 1 aromatic carbocycles. The van der Waals surface area contributed by atoms with Gasteiger partial charge in [-0.1, -0.05) is 19.8 Å². The molecule has 1 aromatic heterocycles. The van der Waals surface area contributed by atoms with Gasteiger partial charge in [0.2, 0.25) is 0 Å². The Morgan fingerprint density at radius 3 is 2.65 bits per heavy atom. The zero-order valence-corrected chi connectivity index (χ0v) is 10.0. The fourth-order valence-electron chi connectivity index (χ4n) is 1.82. The predicted octanol–water partition coefficient (Wildman–Crippen LogP) is 3.39. The highest BCUT2D eigenvalue weighted by atomic mass is 16.1. The molecule has 0 radical (unpaired) electrons. The second-order valence-electron chi connectivity index (χ2n) is 4.14. The number of benzene rings is 1. The van der Waals surface area contributed by atoms with Crippen molar-refractivity contribution < 1.29 is 4.79 Å². The van der Waals surface area contributed by atoms with Crippen LogP contribution in [0.5, 0.6) is 0 Å². The first-order chi connectivity index (χ1) is 8.31. The summed E-state index contributed by atoms with van der Waals surface area (Å²) in [5.41, 5.74) is 2.36. The number of fused-ring (bicyclic) bond motifs is 1. The van der Waals surface area contributed by atoms with E-state index in [4.69, 9.17) is 0 Å². The molecular weight excluding hydrogens is 212 g/mol. The summed E-state index contributed by atoms with van der Waals surface area (Å²) in [5, 5.41) is 0. The first-order valence-corrected chi connectivity index (χ1v) is 6.05. The lowest BCUT2D eigenvalue weighted by atomic mass is 10.0. The van der Waals surface area contributed by atoms with Crippen molar-refractivity contribution >= 4 is 16.8 Å². The Bertz CT molecular complexity index is 522. The minimum Gasteiger partial charge on any atom is -0.294 e. The highest BCUT2D eigenvalue weighted by Crippen LogP contribution is 2.14. The van der Waals surface area contributed by atoms with Crippen LogP contribution in [-0.2, 0) is 0 Å². The normalized spacial score (nSPS) is 10.6. The van der Waals surface area contributed by atoms with Crippen molar-refractivity contribution in [3.63, 3.8) is 0 Å². The zero-order chi connectivity index (χ0) is 12.1. The second-order valence-corrected chi connectivity index (χ2v) is 4.14. The van der Waals surface area contributed by atoms with Crippen molar-refractivity contribution in [2.75, 3.05) is 0 Å². The number of hydrogen-bond acceptors (Lipinski definition) is 3. The number of carbonyl (C=O) groups is 1. The molecule has 0 unspecified atom stereocenters. The molecule has 0 fully saturated rings. The van der Waals surface area contributed by atoms with E-state index in [-0.39, 0.29) is 5.78 Å². The Balaban J connectivity index is 2.15. The molecule has 3 heteroatoms. The van der Waals surface area contributed by atoms with Crippen LogP contribution in [0.2, 0.25) is 0 Å². The molecule has 0 bridgehead atoms. The van der Waals surface area contributed by atoms with Crippen LogP contribution < -0.4 is 0 Å². The molecule has 2 aromatic rings. The van der Waals surface area contributed by atoms with Gasteiger partial charge in [0.1, 0.15) is 0 Å². The van der Waals surface area contributed by atoms with Gasteiger partial charge in [-0.3, -0.25) is 14.8 Å². The van der Waals surface area contributed by atoms with Crippen molar-refractivity contribution in [3.8, 4) is 0 Å². The van der Waals surface area contributed by atoms with Crippen molar-refractivity contribution in [2.45, 2.75) is 32.6 Å². The lowest BCUT2D eigenvalue weighted by Crippen LogP contribution is -1.99. The maximum absolute atomic E-state index is 11.9. The van der Waals surface area contributed by atoms with Crippen LogP contribution in [0, 0.1) is 0 Å². The minimum atomic E-state index is 0.200. The monoisotopic (exact) mass is 228 g/mol. The molecule has 0 amide bonds. The predicted molar refractivity (Wildman–Crippen MR) is 68.0 cm³/mol. The van der Waals surface area contributed by atoms with E-state index >= 15 is 0 Å². The van der Waals surface area contributed by atoms with Gasteiger partial charge in [0.15, 0.2) is 5.78 Å². The summed E-state index contributed by atoms with van der Waals surface area (Å²) in [7, 11) is 0. The molecule has 3 nitrogen and oxygen atoms in total. The molecule has 0 aliphatic heterocycles. The van der Waals surface area contributed by atoms with E-state index in [1.807, 2.05) is 18.2 Å². The van der Waals surface area contributed by atoms with Crippen LogP contribution in [0.4, 0.5) is 0 Å². The molecular formula is C14H16N2O. The average molecular weight is 228 g/mol. The fourth-order valence-corrected chi connectivity index (χ4v) is 1.82. The molecule has 0 spiro atoms. The first kappa shape index (κ1) is 11.7. The molecule has 2 rings (SSSR count). The maximum Gasteiger partial charge on any atom is 0.162 e. The highest BCUT2D eigenvalue weighted by Gasteiger charge is 2.06. The van der Waals surface area contributed by atoms with Crippen molar-refractivity contribution in [2.24, 2.45) is 0 Å². The molecule has 0 saturated heterocycles. The number of ketones is 1. The summed E-state index contributed by atoms with van der Waals surface area (Å²) in [5.74, 6) is 0.200. The van der Waals surface area contributed by atoms with Crippen LogP contribution in [0.1, 0.15) is 43.0 Å². The summed E-state index contributed by atoms with van der Waals surface area (Å²) in [6, 6.07) is 5.53. The van der Waals surface area contributed by atoms with E-state index in [0.29, 0.717) is 6.42 Å². The second kappa shape index (κ2) is 5.53. The van der Waals surface area contributed by atoms with Gasteiger partial charge < -0.3 is 0 Å². The Labute approximate surface area is 101 Å². The number of carbonyl (C=O) groups excluding carboxylic acids is 1. The molecule has 0 aliphatic carbocycles. The fraction of sp³-hybridized carbons (Fsp3) is 0.357. The molecule has 88 valence electrons. The SMILES string of the molecule is CCCCCC(=O)c1ccc2nccnc2c1. The number of aromatic nitrogens is 2. The van der Waals surface area contributed by atoms with Gasteiger partial charge in [-0.15, -0.1) is 0 Å². The van der Waals surface area contributed by atoms with Crippen LogP contribution in [-0.4, -0.2) is 15.8 Å². The number of Topliss-reactive ketones (excluding diaryl/α,β-unsaturated/α-hetero) is 1. The molecule has 0 atom stereocenters. The summed E-state index contributed by atoms with van der Waals surface area (Å²) >= 11 is 0. The molecule has 0 N–H and O–H groups in total. The Kier molecular flexibility index (Phi) is 3.81. The van der Waals surface area contributed by atoms with Crippen molar-refractivity contribution in [1.29, 1.82) is 0 Å². The average Bonchev–Trinajstić information content (AvgIpc) is 2.38. The van der Waals surface area contributed by atoms with Crippen molar-refractivity contribution in [3.05, 3.63) is 36.2 Å². The number of rotatable bonds is 5. The topological polar surface area (TPSA) is 42.9 Å². The first-order valence-electron chi connectivity index (χ1n) is 6.05. The number of nitrogens with zero attached hydrogens (tertiary/aromatic N) is 2. The summed E-state index contributed by atoms with van der Waals surface area (Å²) < 4.78 is 0. The lowest BCUT2D eigenvalue weighted by Gasteiger charge is -2.02. The third-order valence-electron chi connectivity index (χ3n) is 2.80. The van der Waals surface area contributed by atoms with Crippen LogP contribution in [0.3, 0.4) is 0 Å². The van der Waals surface area contributed by atoms with E-state index in [0.717, 1.165) is 35.9 Å². The number of unbranched alkanes of at least 4 members (excludes halogenated alkanes) is 2. The summed E-state index contributed by atoms with van der Waals surface area (Å²) in [6.07, 6.45) is 7.14. The largest absolute Gasteiger partial charge is 0.294 e. The Hall–Kier alpha value is -1.77. The van der Waals surface area contributed by atoms with Gasteiger partial charge in [-0.2, -0.15) is 0 Å². The third-order valence-corrected chi connectivity index (χ3v) is 2.80. The van der Waals surface area contributed by atoms with E-state index < -0.39 is 0 Å². The van der Waals surface area contributed by atoms with Gasteiger partial charge >= 0.3 is 0 Å². The van der Waals surface area contributed by atoms with E-state index in [9.17, 15) is 4.79 Å². The van der Waals surface area contributed by atoms with Crippen LogP contribution >= 0.6 is 0 Å². The molecule has 17 heavy (non-hydrogen) atoms. The van der Waals surface area contributed by atoms with Crippen molar-refractivity contribution in [1.82, 2.24) is 9.97 Å². The zero-order valence-electron chi connectivity index (χ0n) is 10.0. The summed E-state index contributed by atoms with van der Waals surface area (Å²) in [6.45, 7) is 2.14. The highest BCUT2D eigenvalue weighted by molar-refractivity contribution is 5.98. The molecule has 0 saturated carbocycles. The van der Waals surface area contributed by atoms with Gasteiger partial charge in [0.25, 0.3) is 0 Å². The van der Waals surface area contributed by atoms with Gasteiger partial charge in [-0.05, 0) is 24.6 Å². The molecule has 0 aliphatic rings. The number of hydrogen-bond donors (Lipinski definition) is 0. The van der Waals surface area contributed by atoms with Gasteiger partial charge in [-0.25, -0.2) is 0 Å². The third kappa shape index (κ3) is 2.87. The minimum absolute atomic E-state index is 0.200. The Morgan fingerprint density at radius 1 is 1.12 bits per heavy atom. The quantitative estimate of drug-likeness (QED) is 0.582. The van der Waals surface area contributed by atoms with Crippen LogP contribution in [0.15, 0.2) is 30.6 Å². The Morgan fingerprint density at radius 2 is 1.88 bits per heavy atom. The smallest absolute Gasteiger partial charge is 0.162 e. The van der Waals surface area contributed by atoms with E-state index in [1.54, 1.807) is 12.4 Å².